The molecule has 2 amide bonds. The van der Waals surface area contributed by atoms with Crippen LogP contribution in [0.1, 0.15) is 13.3 Å². The molecular weight excluding hydrogens is 297 g/mol. The second kappa shape index (κ2) is 6.71. The molecule has 21 heavy (non-hydrogen) atoms. The average Bonchev–Trinajstić information content (AvgIpc) is 2.73. The third kappa shape index (κ3) is 3.60. The Kier molecular flexibility index (Phi) is 4.95. The Labute approximate surface area is 125 Å². The fourth-order valence-corrected chi connectivity index (χ4v) is 2.90. The van der Waals surface area contributed by atoms with E-state index in [0.717, 1.165) is 16.7 Å². The highest BCUT2D eigenvalue weighted by molar-refractivity contribution is 8.01. The standard InChI is InChI=1S/C14H14FNO4S/c1-2-20-13(18)8-21-11-7-12(17)16(14(11)19)10-5-3-9(15)4-6-10/h3-6,11H,2,7-8H2,1H3/t11-/m1/s1. The molecule has 0 saturated carbocycles. The summed E-state index contributed by atoms with van der Waals surface area (Å²) in [5.74, 6) is -1.57. The van der Waals surface area contributed by atoms with Gasteiger partial charge in [0.05, 0.1) is 23.3 Å². The van der Waals surface area contributed by atoms with Crippen molar-refractivity contribution in [3.63, 3.8) is 0 Å². The number of esters is 1. The highest BCUT2D eigenvalue weighted by atomic mass is 32.2. The van der Waals surface area contributed by atoms with Crippen molar-refractivity contribution in [2.24, 2.45) is 0 Å². The second-order valence-corrected chi connectivity index (χ2v) is 5.54. The van der Waals surface area contributed by atoms with E-state index in [0.29, 0.717) is 5.69 Å². The molecule has 1 aliphatic heterocycles. The first-order chi connectivity index (χ1) is 10.0. The number of anilines is 1. The van der Waals surface area contributed by atoms with E-state index in [1.54, 1.807) is 6.92 Å². The Bertz CT molecular complexity index is 561. The first-order valence-corrected chi connectivity index (χ1v) is 7.47. The molecule has 0 aliphatic carbocycles. The second-order valence-electron chi connectivity index (χ2n) is 4.35. The number of rotatable bonds is 5. The first kappa shape index (κ1) is 15.5. The van der Waals surface area contributed by atoms with Gasteiger partial charge in [-0.05, 0) is 31.2 Å². The molecule has 2 rings (SSSR count). The van der Waals surface area contributed by atoms with Crippen LogP contribution >= 0.6 is 11.8 Å². The predicted octanol–water partition coefficient (Wildman–Crippen LogP) is 1.75. The average molecular weight is 311 g/mol. The van der Waals surface area contributed by atoms with E-state index in [2.05, 4.69) is 0 Å². The van der Waals surface area contributed by atoms with Crippen molar-refractivity contribution in [3.05, 3.63) is 30.1 Å². The van der Waals surface area contributed by atoms with Crippen molar-refractivity contribution in [1.82, 2.24) is 0 Å². The van der Waals surface area contributed by atoms with Crippen molar-refractivity contribution in [3.8, 4) is 0 Å². The topological polar surface area (TPSA) is 63.7 Å². The number of hydrogen-bond donors (Lipinski definition) is 0. The maximum atomic E-state index is 12.9. The highest BCUT2D eigenvalue weighted by Gasteiger charge is 2.40. The zero-order valence-electron chi connectivity index (χ0n) is 11.4. The van der Waals surface area contributed by atoms with Crippen molar-refractivity contribution < 1.29 is 23.5 Å². The van der Waals surface area contributed by atoms with Crippen LogP contribution in [0.5, 0.6) is 0 Å². The number of imide groups is 1. The third-order valence-electron chi connectivity index (χ3n) is 2.90. The SMILES string of the molecule is CCOC(=O)CS[C@@H]1CC(=O)N(c2ccc(F)cc2)C1=O. The van der Waals surface area contributed by atoms with Gasteiger partial charge in [-0.1, -0.05) is 0 Å². The van der Waals surface area contributed by atoms with E-state index in [4.69, 9.17) is 4.74 Å². The molecule has 1 aromatic carbocycles. The minimum atomic E-state index is -0.605. The summed E-state index contributed by atoms with van der Waals surface area (Å²) in [4.78, 5) is 36.5. The van der Waals surface area contributed by atoms with E-state index in [1.807, 2.05) is 0 Å². The molecular formula is C14H14FNO4S. The van der Waals surface area contributed by atoms with Gasteiger partial charge >= 0.3 is 5.97 Å². The van der Waals surface area contributed by atoms with Crippen molar-refractivity contribution in [1.29, 1.82) is 0 Å². The summed E-state index contributed by atoms with van der Waals surface area (Å²) in [7, 11) is 0. The number of carbonyl (C=O) groups is 3. The molecule has 0 unspecified atom stereocenters. The molecule has 0 radical (unpaired) electrons. The number of ether oxygens (including phenoxy) is 1. The maximum Gasteiger partial charge on any atom is 0.315 e. The van der Waals surface area contributed by atoms with Gasteiger partial charge in [0.1, 0.15) is 5.82 Å². The van der Waals surface area contributed by atoms with Crippen LogP contribution in [0, 0.1) is 5.82 Å². The Morgan fingerprint density at radius 2 is 2.05 bits per heavy atom. The molecule has 5 nitrogen and oxygen atoms in total. The first-order valence-electron chi connectivity index (χ1n) is 6.42. The maximum absolute atomic E-state index is 12.9. The van der Waals surface area contributed by atoms with Gasteiger partial charge in [-0.2, -0.15) is 0 Å². The third-order valence-corrected chi connectivity index (χ3v) is 4.07. The molecule has 1 fully saturated rings. The number of benzene rings is 1. The number of thioether (sulfide) groups is 1. The molecule has 1 saturated heterocycles. The molecule has 0 aromatic heterocycles. The number of halogens is 1. The van der Waals surface area contributed by atoms with Gasteiger partial charge in [0.2, 0.25) is 11.8 Å². The lowest BCUT2D eigenvalue weighted by Gasteiger charge is -2.14. The van der Waals surface area contributed by atoms with E-state index >= 15 is 0 Å². The summed E-state index contributed by atoms with van der Waals surface area (Å²) in [6.45, 7) is 1.97. The lowest BCUT2D eigenvalue weighted by molar-refractivity contribution is -0.139. The van der Waals surface area contributed by atoms with E-state index in [1.165, 1.54) is 24.3 Å². The summed E-state index contributed by atoms with van der Waals surface area (Å²) in [5, 5.41) is -0.605. The number of nitrogens with zero attached hydrogens (tertiary/aromatic N) is 1. The van der Waals surface area contributed by atoms with Crippen LogP contribution in [0.3, 0.4) is 0 Å². The Morgan fingerprint density at radius 3 is 2.67 bits per heavy atom. The Morgan fingerprint density at radius 1 is 1.38 bits per heavy atom. The van der Waals surface area contributed by atoms with Crippen molar-refractivity contribution in [2.75, 3.05) is 17.3 Å². The Balaban J connectivity index is 2.03. The van der Waals surface area contributed by atoms with E-state index in [-0.39, 0.29) is 30.6 Å². The van der Waals surface area contributed by atoms with Crippen LogP contribution in [-0.4, -0.2) is 35.4 Å². The predicted molar refractivity (Wildman–Crippen MR) is 76.4 cm³/mol. The monoisotopic (exact) mass is 311 g/mol. The molecule has 0 spiro atoms. The fraction of sp³-hybridized carbons (Fsp3) is 0.357. The van der Waals surface area contributed by atoms with Gasteiger partial charge in [0.15, 0.2) is 0 Å². The Hall–Kier alpha value is -1.89. The molecule has 1 aliphatic rings. The number of amides is 2. The van der Waals surface area contributed by atoms with Crippen molar-refractivity contribution in [2.45, 2.75) is 18.6 Å². The summed E-state index contributed by atoms with van der Waals surface area (Å²) in [6, 6.07) is 5.14. The normalized spacial score (nSPS) is 18.2. The molecule has 0 bridgehead atoms. The summed E-state index contributed by atoms with van der Waals surface area (Å²) in [6.07, 6.45) is 0.0281. The van der Waals surface area contributed by atoms with Gasteiger partial charge < -0.3 is 4.74 Å². The molecule has 7 heteroatoms. The quantitative estimate of drug-likeness (QED) is 0.612. The van der Waals surface area contributed by atoms with Crippen molar-refractivity contribution >= 4 is 35.2 Å². The van der Waals surface area contributed by atoms with Crippen LogP contribution in [0.25, 0.3) is 0 Å². The minimum Gasteiger partial charge on any atom is -0.465 e. The smallest absolute Gasteiger partial charge is 0.315 e. The van der Waals surface area contributed by atoms with Gasteiger partial charge in [0, 0.05) is 6.42 Å². The van der Waals surface area contributed by atoms with E-state index in [9.17, 15) is 18.8 Å². The van der Waals surface area contributed by atoms with E-state index < -0.39 is 17.0 Å². The summed E-state index contributed by atoms with van der Waals surface area (Å²) in [5.41, 5.74) is 0.339. The minimum absolute atomic E-state index is 0.0226. The van der Waals surface area contributed by atoms with Crippen LogP contribution in [0.4, 0.5) is 10.1 Å². The molecule has 112 valence electrons. The number of carbonyl (C=O) groups excluding carboxylic acids is 3. The van der Waals surface area contributed by atoms with Crippen LogP contribution in [0.2, 0.25) is 0 Å². The van der Waals surface area contributed by atoms with Gasteiger partial charge in [-0.25, -0.2) is 9.29 Å². The van der Waals surface area contributed by atoms with Crippen LogP contribution < -0.4 is 4.90 Å². The zero-order valence-corrected chi connectivity index (χ0v) is 12.2. The zero-order chi connectivity index (χ0) is 15.4. The number of hydrogen-bond acceptors (Lipinski definition) is 5. The highest BCUT2D eigenvalue weighted by Crippen LogP contribution is 2.29. The summed E-state index contributed by atoms with van der Waals surface area (Å²) >= 11 is 1.08. The largest absolute Gasteiger partial charge is 0.465 e. The van der Waals surface area contributed by atoms with Gasteiger partial charge in [-0.15, -0.1) is 11.8 Å². The summed E-state index contributed by atoms with van der Waals surface area (Å²) < 4.78 is 17.7. The molecule has 0 N–H and O–H groups in total. The lowest BCUT2D eigenvalue weighted by atomic mass is 10.3. The van der Waals surface area contributed by atoms with Crippen LogP contribution in [0.15, 0.2) is 24.3 Å². The van der Waals surface area contributed by atoms with Gasteiger partial charge in [0.25, 0.3) is 0 Å². The van der Waals surface area contributed by atoms with Crippen LogP contribution in [-0.2, 0) is 19.1 Å². The molecule has 1 atom stereocenters. The molecule has 1 heterocycles. The lowest BCUT2D eigenvalue weighted by Crippen LogP contribution is -2.31. The molecule has 1 aromatic rings. The fourth-order valence-electron chi connectivity index (χ4n) is 1.97. The van der Waals surface area contributed by atoms with Gasteiger partial charge in [-0.3, -0.25) is 14.4 Å².